The van der Waals surface area contributed by atoms with Crippen molar-refractivity contribution in [3.63, 3.8) is 0 Å². The van der Waals surface area contributed by atoms with Crippen molar-refractivity contribution < 1.29 is 9.13 Å². The molecule has 0 saturated heterocycles. The third-order valence-electron chi connectivity index (χ3n) is 6.23. The zero-order valence-corrected chi connectivity index (χ0v) is 22.2. The van der Waals surface area contributed by atoms with Gasteiger partial charge in [-0.25, -0.2) is 4.39 Å². The Kier molecular flexibility index (Phi) is 9.30. The van der Waals surface area contributed by atoms with Gasteiger partial charge in [0.25, 0.3) is 0 Å². The van der Waals surface area contributed by atoms with E-state index in [9.17, 15) is 4.39 Å². The van der Waals surface area contributed by atoms with E-state index in [1.54, 1.807) is 13.2 Å². The minimum absolute atomic E-state index is 0. The molecule has 0 aliphatic heterocycles. The first-order valence-electron chi connectivity index (χ1n) is 12.1. The molecule has 0 aliphatic carbocycles. The van der Waals surface area contributed by atoms with E-state index in [0.717, 1.165) is 41.7 Å². The van der Waals surface area contributed by atoms with Gasteiger partial charge in [0.15, 0.2) is 0 Å². The van der Waals surface area contributed by atoms with Gasteiger partial charge < -0.3 is 15.4 Å². The summed E-state index contributed by atoms with van der Waals surface area (Å²) in [6.45, 7) is 8.89. The monoisotopic (exact) mass is 507 g/mol. The van der Waals surface area contributed by atoms with Gasteiger partial charge in [-0.1, -0.05) is 57.2 Å². The third kappa shape index (κ3) is 6.74. The van der Waals surface area contributed by atoms with Crippen molar-refractivity contribution >= 4 is 29.0 Å². The van der Waals surface area contributed by atoms with Crippen LogP contribution in [0.3, 0.4) is 0 Å². The maximum Gasteiger partial charge on any atom is 0.123 e. The van der Waals surface area contributed by atoms with Crippen LogP contribution in [0.4, 0.5) is 10.1 Å². The Hall–Kier alpha value is -3.15. The van der Waals surface area contributed by atoms with E-state index < -0.39 is 0 Å². The lowest BCUT2D eigenvalue weighted by atomic mass is 9.86. The van der Waals surface area contributed by atoms with Crippen LogP contribution in [0.1, 0.15) is 38.3 Å². The van der Waals surface area contributed by atoms with E-state index in [4.69, 9.17) is 4.74 Å². The highest BCUT2D eigenvalue weighted by Gasteiger charge is 2.13. The van der Waals surface area contributed by atoms with E-state index in [1.165, 1.54) is 28.8 Å². The number of ether oxygens (including phenoxy) is 1. The second-order valence-electron chi connectivity index (χ2n) is 9.83. The van der Waals surface area contributed by atoms with Crippen molar-refractivity contribution in [3.05, 3.63) is 89.9 Å². The van der Waals surface area contributed by atoms with Crippen LogP contribution in [0, 0.1) is 5.82 Å². The highest BCUT2D eigenvalue weighted by Crippen LogP contribution is 2.29. The molecule has 0 saturated carbocycles. The van der Waals surface area contributed by atoms with E-state index in [2.05, 4.69) is 78.9 Å². The lowest BCUT2D eigenvalue weighted by Gasteiger charge is -2.19. The number of nitrogens with zero attached hydrogens (tertiary/aromatic N) is 1. The maximum atomic E-state index is 13.5. The Morgan fingerprint density at radius 2 is 1.64 bits per heavy atom. The van der Waals surface area contributed by atoms with Crippen LogP contribution >= 0.6 is 12.4 Å². The number of fused-ring (bicyclic) bond motifs is 1. The average Bonchev–Trinajstić information content (AvgIpc) is 2.85. The Morgan fingerprint density at radius 1 is 0.889 bits per heavy atom. The van der Waals surface area contributed by atoms with Gasteiger partial charge in [0.1, 0.15) is 11.6 Å². The second-order valence-corrected chi connectivity index (χ2v) is 9.83. The SMILES string of the molecule is COc1ccc(F)cc1CNCCCNc1ccnc2cc(-c3ccc(C(C)(C)C)cc3)ccc12.Cl. The molecule has 0 amide bonds. The number of hydrogen-bond donors (Lipinski definition) is 2. The predicted molar refractivity (Wildman–Crippen MR) is 151 cm³/mol. The number of benzene rings is 3. The molecule has 4 nitrogen and oxygen atoms in total. The van der Waals surface area contributed by atoms with Gasteiger partial charge in [0, 0.05) is 35.9 Å². The summed E-state index contributed by atoms with van der Waals surface area (Å²) in [4.78, 5) is 4.60. The molecule has 0 fully saturated rings. The summed E-state index contributed by atoms with van der Waals surface area (Å²) in [6, 6.07) is 21.9. The number of hydrogen-bond acceptors (Lipinski definition) is 4. The van der Waals surface area contributed by atoms with Gasteiger partial charge in [0.05, 0.1) is 12.6 Å². The molecule has 0 unspecified atom stereocenters. The Labute approximate surface area is 219 Å². The molecule has 0 aliphatic rings. The average molecular weight is 508 g/mol. The first kappa shape index (κ1) is 27.4. The lowest BCUT2D eigenvalue weighted by molar-refractivity contribution is 0.406. The molecule has 0 bridgehead atoms. The first-order chi connectivity index (χ1) is 16.8. The van der Waals surface area contributed by atoms with Crippen molar-refractivity contribution in [3.8, 4) is 16.9 Å². The Bertz CT molecular complexity index is 1290. The van der Waals surface area contributed by atoms with Crippen LogP contribution in [0.15, 0.2) is 72.9 Å². The summed E-state index contributed by atoms with van der Waals surface area (Å²) in [5.41, 5.74) is 6.72. The summed E-state index contributed by atoms with van der Waals surface area (Å²) in [5, 5.41) is 8.01. The molecule has 190 valence electrons. The van der Waals surface area contributed by atoms with Crippen LogP contribution < -0.4 is 15.4 Å². The van der Waals surface area contributed by atoms with Crippen LogP contribution in [-0.4, -0.2) is 25.2 Å². The Balaban J connectivity index is 0.00000361. The lowest BCUT2D eigenvalue weighted by Crippen LogP contribution is -2.18. The van der Waals surface area contributed by atoms with Crippen molar-refractivity contribution in [1.29, 1.82) is 0 Å². The fraction of sp³-hybridized carbons (Fsp3) is 0.300. The molecule has 6 heteroatoms. The zero-order chi connectivity index (χ0) is 24.8. The molecule has 0 spiro atoms. The standard InChI is InChI=1S/C30H34FN3O.ClH/c1-30(2,3)24-9-6-21(7-10-24)22-8-12-26-27(14-17-34-28(26)19-22)33-16-5-15-32-20-23-18-25(31)11-13-29(23)35-4;/h6-14,17-19,32H,5,15-16,20H2,1-4H3,(H,33,34);1H. The number of methoxy groups -OCH3 is 1. The summed E-state index contributed by atoms with van der Waals surface area (Å²) in [5.74, 6) is 0.448. The Morgan fingerprint density at radius 3 is 2.36 bits per heavy atom. The van der Waals surface area contributed by atoms with E-state index >= 15 is 0 Å². The number of nitrogens with one attached hydrogen (secondary N) is 2. The van der Waals surface area contributed by atoms with Crippen LogP contribution in [0.25, 0.3) is 22.0 Å². The normalized spacial score (nSPS) is 11.2. The fourth-order valence-electron chi connectivity index (χ4n) is 4.19. The molecule has 36 heavy (non-hydrogen) atoms. The summed E-state index contributed by atoms with van der Waals surface area (Å²) >= 11 is 0. The molecule has 4 aromatic rings. The van der Waals surface area contributed by atoms with E-state index in [-0.39, 0.29) is 23.6 Å². The van der Waals surface area contributed by atoms with Crippen molar-refractivity contribution in [1.82, 2.24) is 10.3 Å². The molecule has 0 radical (unpaired) electrons. The summed E-state index contributed by atoms with van der Waals surface area (Å²) in [7, 11) is 1.60. The highest BCUT2D eigenvalue weighted by molar-refractivity contribution is 5.93. The topological polar surface area (TPSA) is 46.2 Å². The van der Waals surface area contributed by atoms with Crippen molar-refractivity contribution in [2.45, 2.75) is 39.2 Å². The molecule has 3 aromatic carbocycles. The number of rotatable bonds is 9. The summed E-state index contributed by atoms with van der Waals surface area (Å²) < 4.78 is 18.8. The molecule has 0 atom stereocenters. The largest absolute Gasteiger partial charge is 0.496 e. The van der Waals surface area contributed by atoms with Gasteiger partial charge >= 0.3 is 0 Å². The predicted octanol–water partition coefficient (Wildman–Crippen LogP) is 7.36. The maximum absolute atomic E-state index is 13.5. The number of aromatic nitrogens is 1. The van der Waals surface area contributed by atoms with Crippen LogP contribution in [0.2, 0.25) is 0 Å². The van der Waals surface area contributed by atoms with Gasteiger partial charge in [-0.15, -0.1) is 12.4 Å². The van der Waals surface area contributed by atoms with Gasteiger partial charge in [0.2, 0.25) is 0 Å². The summed E-state index contributed by atoms with van der Waals surface area (Å²) in [6.07, 6.45) is 2.78. The van der Waals surface area contributed by atoms with Gasteiger partial charge in [-0.3, -0.25) is 4.98 Å². The second kappa shape index (κ2) is 12.2. The molecule has 1 heterocycles. The van der Waals surface area contributed by atoms with Crippen LogP contribution in [0.5, 0.6) is 5.75 Å². The van der Waals surface area contributed by atoms with Gasteiger partial charge in [-0.05, 0) is 65.4 Å². The van der Waals surface area contributed by atoms with E-state index in [1.807, 2.05) is 12.3 Å². The molecule has 2 N–H and O–H groups in total. The number of anilines is 1. The molecular weight excluding hydrogens is 473 g/mol. The minimum Gasteiger partial charge on any atom is -0.496 e. The fourth-order valence-corrected chi connectivity index (χ4v) is 4.19. The number of pyridine rings is 1. The minimum atomic E-state index is -0.251. The quantitative estimate of drug-likeness (QED) is 0.232. The first-order valence-corrected chi connectivity index (χ1v) is 12.1. The number of halogens is 2. The smallest absolute Gasteiger partial charge is 0.123 e. The molecule has 4 rings (SSSR count). The zero-order valence-electron chi connectivity index (χ0n) is 21.4. The van der Waals surface area contributed by atoms with Crippen molar-refractivity contribution in [2.75, 3.05) is 25.5 Å². The molecule has 1 aromatic heterocycles. The van der Waals surface area contributed by atoms with Gasteiger partial charge in [-0.2, -0.15) is 0 Å². The van der Waals surface area contributed by atoms with Crippen molar-refractivity contribution in [2.24, 2.45) is 0 Å². The highest BCUT2D eigenvalue weighted by atomic mass is 35.5. The third-order valence-corrected chi connectivity index (χ3v) is 6.23. The van der Waals surface area contributed by atoms with Crippen LogP contribution in [-0.2, 0) is 12.0 Å². The molecular formula is C30H35ClFN3O. The van der Waals surface area contributed by atoms with E-state index in [0.29, 0.717) is 12.3 Å².